The standard InChI is InChI=1S/C14H20N6/c1-9-10(2)19(7-6-18(4)5)13-12(9)14-16-11(3)17-20(14)8-15-13/h8H,6-7H2,1-5H3. The zero-order valence-electron chi connectivity index (χ0n) is 12.7. The van der Waals surface area contributed by atoms with Crippen LogP contribution in [-0.4, -0.2) is 49.7 Å². The van der Waals surface area contributed by atoms with Crippen LogP contribution in [0, 0.1) is 20.8 Å². The largest absolute Gasteiger partial charge is 0.328 e. The van der Waals surface area contributed by atoms with Crippen LogP contribution in [0.3, 0.4) is 0 Å². The van der Waals surface area contributed by atoms with Gasteiger partial charge in [0, 0.05) is 18.8 Å². The molecule has 3 heterocycles. The molecule has 0 unspecified atom stereocenters. The van der Waals surface area contributed by atoms with E-state index in [0.717, 1.165) is 35.6 Å². The van der Waals surface area contributed by atoms with Crippen LogP contribution in [0.25, 0.3) is 16.7 Å². The first-order chi connectivity index (χ1) is 9.49. The summed E-state index contributed by atoms with van der Waals surface area (Å²) in [4.78, 5) is 11.3. The van der Waals surface area contributed by atoms with E-state index in [1.165, 1.54) is 11.3 Å². The average molecular weight is 272 g/mol. The minimum Gasteiger partial charge on any atom is -0.328 e. The van der Waals surface area contributed by atoms with Gasteiger partial charge in [-0.05, 0) is 40.4 Å². The third kappa shape index (κ3) is 1.87. The fourth-order valence-electron chi connectivity index (χ4n) is 2.61. The Morgan fingerprint density at radius 2 is 1.90 bits per heavy atom. The minimum atomic E-state index is 0.775. The van der Waals surface area contributed by atoms with Gasteiger partial charge in [-0.2, -0.15) is 5.10 Å². The van der Waals surface area contributed by atoms with E-state index < -0.39 is 0 Å². The minimum absolute atomic E-state index is 0.775. The molecule has 6 heteroatoms. The van der Waals surface area contributed by atoms with Crippen molar-refractivity contribution in [2.45, 2.75) is 27.3 Å². The molecule has 0 spiro atoms. The lowest BCUT2D eigenvalue weighted by Crippen LogP contribution is -2.19. The van der Waals surface area contributed by atoms with Gasteiger partial charge < -0.3 is 9.47 Å². The summed E-state index contributed by atoms with van der Waals surface area (Å²) in [5, 5.41) is 5.46. The van der Waals surface area contributed by atoms with E-state index in [1.807, 2.05) is 6.92 Å². The second kappa shape index (κ2) is 4.56. The Bertz CT molecular complexity index is 780. The van der Waals surface area contributed by atoms with Crippen molar-refractivity contribution < 1.29 is 0 Å². The fraction of sp³-hybridized carbons (Fsp3) is 0.500. The van der Waals surface area contributed by atoms with Crippen LogP contribution in [0.4, 0.5) is 0 Å². The molecule has 0 aliphatic heterocycles. The molecule has 6 nitrogen and oxygen atoms in total. The van der Waals surface area contributed by atoms with E-state index in [4.69, 9.17) is 0 Å². The zero-order valence-corrected chi connectivity index (χ0v) is 12.7. The van der Waals surface area contributed by atoms with Gasteiger partial charge in [0.25, 0.3) is 0 Å². The predicted molar refractivity (Wildman–Crippen MR) is 79.0 cm³/mol. The molecule has 0 amide bonds. The summed E-state index contributed by atoms with van der Waals surface area (Å²) in [5.41, 5.74) is 4.39. The van der Waals surface area contributed by atoms with E-state index in [1.54, 1.807) is 10.8 Å². The van der Waals surface area contributed by atoms with Gasteiger partial charge in [-0.1, -0.05) is 0 Å². The summed E-state index contributed by atoms with van der Waals surface area (Å²) in [6.07, 6.45) is 1.75. The average Bonchev–Trinajstić information content (AvgIpc) is 2.86. The molecule has 0 saturated carbocycles. The van der Waals surface area contributed by atoms with Crippen LogP contribution in [0.15, 0.2) is 6.33 Å². The second-order valence-electron chi connectivity index (χ2n) is 5.54. The molecule has 3 aromatic heterocycles. The van der Waals surface area contributed by atoms with Crippen LogP contribution in [-0.2, 0) is 6.54 Å². The van der Waals surface area contributed by atoms with Crippen LogP contribution >= 0.6 is 0 Å². The summed E-state index contributed by atoms with van der Waals surface area (Å²) < 4.78 is 4.04. The lowest BCUT2D eigenvalue weighted by molar-refractivity contribution is 0.384. The molecule has 0 N–H and O–H groups in total. The van der Waals surface area contributed by atoms with Crippen molar-refractivity contribution in [1.29, 1.82) is 0 Å². The highest BCUT2D eigenvalue weighted by atomic mass is 15.3. The first-order valence-corrected chi connectivity index (χ1v) is 6.81. The van der Waals surface area contributed by atoms with E-state index in [-0.39, 0.29) is 0 Å². The third-order valence-electron chi connectivity index (χ3n) is 3.82. The molecule has 0 fully saturated rings. The maximum Gasteiger partial charge on any atom is 0.168 e. The third-order valence-corrected chi connectivity index (χ3v) is 3.82. The number of aryl methyl sites for hydroxylation is 2. The molecular weight excluding hydrogens is 252 g/mol. The number of aromatic nitrogens is 5. The Morgan fingerprint density at radius 1 is 1.15 bits per heavy atom. The van der Waals surface area contributed by atoms with Crippen molar-refractivity contribution in [2.75, 3.05) is 20.6 Å². The van der Waals surface area contributed by atoms with Gasteiger partial charge in [0.15, 0.2) is 5.65 Å². The van der Waals surface area contributed by atoms with Gasteiger partial charge in [0.1, 0.15) is 17.8 Å². The number of nitrogens with zero attached hydrogens (tertiary/aromatic N) is 6. The molecule has 3 aromatic rings. The Hall–Kier alpha value is -1.95. The summed E-state index contributed by atoms with van der Waals surface area (Å²) in [6.45, 7) is 8.11. The first-order valence-electron chi connectivity index (χ1n) is 6.81. The summed E-state index contributed by atoms with van der Waals surface area (Å²) in [6, 6.07) is 0. The van der Waals surface area contributed by atoms with Crippen LogP contribution in [0.5, 0.6) is 0 Å². The number of hydrogen-bond donors (Lipinski definition) is 0. The van der Waals surface area contributed by atoms with Crippen molar-refractivity contribution >= 4 is 16.7 Å². The van der Waals surface area contributed by atoms with E-state index in [9.17, 15) is 0 Å². The van der Waals surface area contributed by atoms with Crippen molar-refractivity contribution in [3.63, 3.8) is 0 Å². The molecule has 0 saturated heterocycles. The Balaban J connectivity index is 2.26. The van der Waals surface area contributed by atoms with Crippen molar-refractivity contribution in [2.24, 2.45) is 0 Å². The highest BCUT2D eigenvalue weighted by Gasteiger charge is 2.16. The molecular formula is C14H20N6. The predicted octanol–water partition coefficient (Wildman–Crippen LogP) is 1.57. The fourth-order valence-corrected chi connectivity index (χ4v) is 2.61. The van der Waals surface area contributed by atoms with Crippen LogP contribution in [0.2, 0.25) is 0 Å². The number of rotatable bonds is 3. The molecule has 0 aliphatic rings. The molecule has 0 aromatic carbocycles. The van der Waals surface area contributed by atoms with E-state index in [2.05, 4.69) is 52.5 Å². The quantitative estimate of drug-likeness (QED) is 0.726. The van der Waals surface area contributed by atoms with Gasteiger partial charge in [-0.3, -0.25) is 0 Å². The Kier molecular flexibility index (Phi) is 2.97. The maximum atomic E-state index is 4.59. The summed E-state index contributed by atoms with van der Waals surface area (Å²) in [7, 11) is 4.17. The molecule has 0 aliphatic carbocycles. The SMILES string of the molecule is Cc1nc2c3c(C)c(C)n(CCN(C)C)c3ncn2n1. The van der Waals surface area contributed by atoms with E-state index >= 15 is 0 Å². The van der Waals surface area contributed by atoms with E-state index in [0.29, 0.717) is 0 Å². The summed E-state index contributed by atoms with van der Waals surface area (Å²) >= 11 is 0. The number of likely N-dealkylation sites (N-methyl/N-ethyl adjacent to an activating group) is 1. The lowest BCUT2D eigenvalue weighted by Gasteiger charge is -2.12. The van der Waals surface area contributed by atoms with Crippen molar-refractivity contribution in [3.05, 3.63) is 23.4 Å². The Morgan fingerprint density at radius 3 is 2.60 bits per heavy atom. The van der Waals surface area contributed by atoms with Crippen LogP contribution in [0.1, 0.15) is 17.1 Å². The van der Waals surface area contributed by atoms with Crippen molar-refractivity contribution in [3.8, 4) is 0 Å². The lowest BCUT2D eigenvalue weighted by atomic mass is 10.2. The topological polar surface area (TPSA) is 51.2 Å². The smallest absolute Gasteiger partial charge is 0.168 e. The highest BCUT2D eigenvalue weighted by Crippen LogP contribution is 2.26. The normalized spacial score (nSPS) is 12.1. The van der Waals surface area contributed by atoms with Gasteiger partial charge in [-0.25, -0.2) is 14.5 Å². The van der Waals surface area contributed by atoms with Gasteiger partial charge >= 0.3 is 0 Å². The molecule has 106 valence electrons. The highest BCUT2D eigenvalue weighted by molar-refractivity contribution is 5.93. The monoisotopic (exact) mass is 272 g/mol. The molecule has 0 bridgehead atoms. The van der Waals surface area contributed by atoms with Gasteiger partial charge in [0.05, 0.1) is 5.39 Å². The number of fused-ring (bicyclic) bond motifs is 3. The zero-order chi connectivity index (χ0) is 14.4. The maximum absolute atomic E-state index is 4.59. The Labute approximate surface area is 118 Å². The second-order valence-corrected chi connectivity index (χ2v) is 5.54. The first kappa shape index (κ1) is 13.1. The number of hydrogen-bond acceptors (Lipinski definition) is 4. The summed E-state index contributed by atoms with van der Waals surface area (Å²) in [5.74, 6) is 0.775. The van der Waals surface area contributed by atoms with Gasteiger partial charge in [-0.15, -0.1) is 0 Å². The van der Waals surface area contributed by atoms with Crippen molar-refractivity contribution in [1.82, 2.24) is 29.0 Å². The molecule has 0 atom stereocenters. The van der Waals surface area contributed by atoms with Crippen LogP contribution < -0.4 is 0 Å². The molecule has 3 rings (SSSR count). The molecule has 20 heavy (non-hydrogen) atoms. The van der Waals surface area contributed by atoms with Gasteiger partial charge in [0.2, 0.25) is 0 Å². The molecule has 0 radical (unpaired) electrons.